The third-order valence-electron chi connectivity index (χ3n) is 3.27. The molecule has 21 heavy (non-hydrogen) atoms. The molecular weight excluding hydrogens is 283 g/mol. The summed E-state index contributed by atoms with van der Waals surface area (Å²) in [7, 11) is 0. The van der Waals surface area contributed by atoms with E-state index < -0.39 is 29.4 Å². The Balaban J connectivity index is 3.09. The van der Waals surface area contributed by atoms with Crippen molar-refractivity contribution in [2.75, 3.05) is 5.32 Å². The highest BCUT2D eigenvalue weighted by molar-refractivity contribution is 5.95. The van der Waals surface area contributed by atoms with E-state index in [1.165, 1.54) is 6.07 Å². The molecule has 3 N–H and O–H groups in total. The summed E-state index contributed by atoms with van der Waals surface area (Å²) in [4.78, 5) is 11.9. The first-order valence-corrected chi connectivity index (χ1v) is 6.38. The summed E-state index contributed by atoms with van der Waals surface area (Å²) in [5.74, 6) is -0.836. The summed E-state index contributed by atoms with van der Waals surface area (Å²) in [5, 5.41) is 10.9. The van der Waals surface area contributed by atoms with Crippen LogP contribution in [0.4, 0.5) is 18.9 Å². The number of anilines is 1. The standard InChI is InChI=1S/C14H16F3N3O/c1-3-8(2)12(19)13(21)20-11-5-4-9(7-18)6-10(11)14(15,16)17/h4-6,8,12H,3,19H2,1-2H3,(H,20,21). The van der Waals surface area contributed by atoms with Crippen LogP contribution in [-0.2, 0) is 11.0 Å². The van der Waals surface area contributed by atoms with Gasteiger partial charge in [0.1, 0.15) is 0 Å². The zero-order valence-corrected chi connectivity index (χ0v) is 11.7. The van der Waals surface area contributed by atoms with Crippen LogP contribution in [0.2, 0.25) is 0 Å². The molecule has 0 aliphatic heterocycles. The second-order valence-electron chi connectivity index (χ2n) is 4.77. The van der Waals surface area contributed by atoms with Gasteiger partial charge in [0, 0.05) is 0 Å². The molecule has 0 aromatic heterocycles. The average molecular weight is 299 g/mol. The Morgan fingerprint density at radius 2 is 2.10 bits per heavy atom. The molecule has 0 aliphatic rings. The van der Waals surface area contributed by atoms with Gasteiger partial charge >= 0.3 is 6.18 Å². The quantitative estimate of drug-likeness (QED) is 0.897. The van der Waals surface area contributed by atoms with Crippen molar-refractivity contribution in [2.24, 2.45) is 11.7 Å². The van der Waals surface area contributed by atoms with Crippen molar-refractivity contribution in [3.8, 4) is 6.07 Å². The summed E-state index contributed by atoms with van der Waals surface area (Å²) >= 11 is 0. The van der Waals surface area contributed by atoms with E-state index in [0.29, 0.717) is 12.5 Å². The van der Waals surface area contributed by atoms with E-state index in [0.717, 1.165) is 6.07 Å². The number of nitriles is 1. The van der Waals surface area contributed by atoms with Gasteiger partial charge in [-0.1, -0.05) is 20.3 Å². The lowest BCUT2D eigenvalue weighted by Gasteiger charge is -2.19. The predicted molar refractivity (Wildman–Crippen MR) is 72.2 cm³/mol. The SMILES string of the molecule is CCC(C)C(N)C(=O)Nc1ccc(C#N)cc1C(F)(F)F. The van der Waals surface area contributed by atoms with Gasteiger partial charge in [0.15, 0.2) is 0 Å². The molecule has 4 nitrogen and oxygen atoms in total. The van der Waals surface area contributed by atoms with Crippen molar-refractivity contribution in [1.82, 2.24) is 0 Å². The number of alkyl halides is 3. The van der Waals surface area contributed by atoms with Crippen LogP contribution in [0.25, 0.3) is 0 Å². The Kier molecular flexibility index (Phi) is 5.33. The minimum atomic E-state index is -4.67. The molecule has 0 saturated heterocycles. The number of nitrogens with two attached hydrogens (primary N) is 1. The average Bonchev–Trinajstić information content (AvgIpc) is 2.44. The lowest BCUT2D eigenvalue weighted by atomic mass is 9.99. The van der Waals surface area contributed by atoms with Gasteiger partial charge in [-0.3, -0.25) is 4.79 Å². The van der Waals surface area contributed by atoms with E-state index in [2.05, 4.69) is 5.32 Å². The molecule has 114 valence electrons. The number of benzene rings is 1. The molecule has 0 aliphatic carbocycles. The molecule has 0 heterocycles. The first kappa shape index (κ1) is 17.0. The maximum atomic E-state index is 12.9. The van der Waals surface area contributed by atoms with Crippen LogP contribution in [0, 0.1) is 17.2 Å². The topological polar surface area (TPSA) is 78.9 Å². The van der Waals surface area contributed by atoms with E-state index in [-0.39, 0.29) is 11.5 Å². The van der Waals surface area contributed by atoms with Crippen LogP contribution < -0.4 is 11.1 Å². The van der Waals surface area contributed by atoms with E-state index >= 15 is 0 Å². The molecule has 1 rings (SSSR count). The number of carbonyl (C=O) groups excluding carboxylic acids is 1. The molecule has 2 atom stereocenters. The fourth-order valence-electron chi connectivity index (χ4n) is 1.69. The van der Waals surface area contributed by atoms with Gasteiger partial charge in [-0.2, -0.15) is 18.4 Å². The zero-order valence-electron chi connectivity index (χ0n) is 11.7. The summed E-state index contributed by atoms with van der Waals surface area (Å²) in [6, 6.07) is 3.70. The third-order valence-corrected chi connectivity index (χ3v) is 3.27. The number of halogens is 3. The molecule has 0 bridgehead atoms. The molecule has 1 aromatic rings. The minimum Gasteiger partial charge on any atom is -0.324 e. The van der Waals surface area contributed by atoms with Gasteiger partial charge in [-0.05, 0) is 24.1 Å². The van der Waals surface area contributed by atoms with Crippen LogP contribution in [0.1, 0.15) is 31.4 Å². The molecule has 2 unspecified atom stereocenters. The lowest BCUT2D eigenvalue weighted by Crippen LogP contribution is -2.41. The minimum absolute atomic E-state index is 0.133. The molecule has 1 aromatic carbocycles. The molecule has 0 radical (unpaired) electrons. The van der Waals surface area contributed by atoms with Gasteiger partial charge in [0.05, 0.1) is 28.9 Å². The highest BCUT2D eigenvalue weighted by Gasteiger charge is 2.34. The van der Waals surface area contributed by atoms with E-state index in [4.69, 9.17) is 11.0 Å². The smallest absolute Gasteiger partial charge is 0.324 e. The molecule has 0 fully saturated rings. The Morgan fingerprint density at radius 3 is 2.57 bits per heavy atom. The van der Waals surface area contributed by atoms with Crippen LogP contribution in [0.15, 0.2) is 18.2 Å². The van der Waals surface area contributed by atoms with E-state index in [9.17, 15) is 18.0 Å². The highest BCUT2D eigenvalue weighted by Crippen LogP contribution is 2.35. The number of hydrogen-bond acceptors (Lipinski definition) is 3. The maximum absolute atomic E-state index is 12.9. The number of nitrogens with zero attached hydrogens (tertiary/aromatic N) is 1. The molecule has 0 spiro atoms. The van der Waals surface area contributed by atoms with Gasteiger partial charge in [-0.15, -0.1) is 0 Å². The number of rotatable bonds is 4. The molecule has 0 saturated carbocycles. The molecular formula is C14H16F3N3O. The van der Waals surface area contributed by atoms with Gasteiger partial charge in [-0.25, -0.2) is 0 Å². The van der Waals surface area contributed by atoms with Crippen molar-refractivity contribution in [3.05, 3.63) is 29.3 Å². The Labute approximate surface area is 120 Å². The number of hydrogen-bond donors (Lipinski definition) is 2. The Bertz CT molecular complexity index is 564. The van der Waals surface area contributed by atoms with Crippen molar-refractivity contribution >= 4 is 11.6 Å². The summed E-state index contributed by atoms with van der Waals surface area (Å²) in [6.07, 6.45) is -4.04. The molecule has 1 amide bonds. The third kappa shape index (κ3) is 4.20. The van der Waals surface area contributed by atoms with Crippen molar-refractivity contribution in [2.45, 2.75) is 32.5 Å². The van der Waals surface area contributed by atoms with Crippen molar-refractivity contribution in [3.63, 3.8) is 0 Å². The zero-order chi connectivity index (χ0) is 16.2. The first-order chi connectivity index (χ1) is 9.70. The van der Waals surface area contributed by atoms with Gasteiger partial charge < -0.3 is 11.1 Å². The lowest BCUT2D eigenvalue weighted by molar-refractivity contribution is -0.137. The molecule has 7 heteroatoms. The van der Waals surface area contributed by atoms with E-state index in [1.54, 1.807) is 13.0 Å². The largest absolute Gasteiger partial charge is 0.418 e. The van der Waals surface area contributed by atoms with Crippen LogP contribution in [0.3, 0.4) is 0 Å². The van der Waals surface area contributed by atoms with Crippen molar-refractivity contribution in [1.29, 1.82) is 5.26 Å². The second kappa shape index (κ2) is 6.59. The number of carbonyl (C=O) groups is 1. The Hall–Kier alpha value is -2.07. The van der Waals surface area contributed by atoms with Crippen LogP contribution in [0.5, 0.6) is 0 Å². The summed E-state index contributed by atoms with van der Waals surface area (Å²) < 4.78 is 38.8. The predicted octanol–water partition coefficient (Wildman–Crippen LogP) is 2.89. The van der Waals surface area contributed by atoms with Crippen molar-refractivity contribution < 1.29 is 18.0 Å². The monoisotopic (exact) mass is 299 g/mol. The summed E-state index contributed by atoms with van der Waals surface area (Å²) in [6.45, 7) is 3.58. The van der Waals surface area contributed by atoms with Gasteiger partial charge in [0.25, 0.3) is 0 Å². The highest BCUT2D eigenvalue weighted by atomic mass is 19.4. The fourth-order valence-corrected chi connectivity index (χ4v) is 1.69. The van der Waals surface area contributed by atoms with E-state index in [1.807, 2.05) is 6.92 Å². The summed E-state index contributed by atoms with van der Waals surface area (Å²) in [5.41, 5.74) is 4.09. The van der Waals surface area contributed by atoms with Gasteiger partial charge in [0.2, 0.25) is 5.91 Å². The number of amides is 1. The Morgan fingerprint density at radius 1 is 1.48 bits per heavy atom. The van der Waals surface area contributed by atoms with Crippen LogP contribution in [-0.4, -0.2) is 11.9 Å². The first-order valence-electron chi connectivity index (χ1n) is 6.38. The fraction of sp³-hybridized carbons (Fsp3) is 0.429. The second-order valence-corrected chi connectivity index (χ2v) is 4.77. The number of nitrogens with one attached hydrogen (secondary N) is 1. The van der Waals surface area contributed by atoms with Crippen LogP contribution >= 0.6 is 0 Å². The normalized spacial score (nSPS) is 14.1. The maximum Gasteiger partial charge on any atom is 0.418 e.